The summed E-state index contributed by atoms with van der Waals surface area (Å²) in [6.45, 7) is 0. The molecular formula is C14H13ClN4O3. The Morgan fingerprint density at radius 3 is 2.64 bits per heavy atom. The molecule has 0 atom stereocenters. The number of nitrogens with one attached hydrogen (secondary N) is 1. The molecule has 1 N–H and O–H groups in total. The van der Waals surface area contributed by atoms with Gasteiger partial charge in [0.25, 0.3) is 11.6 Å². The first-order valence-corrected chi connectivity index (χ1v) is 6.66. The molecule has 0 aliphatic carbocycles. The number of carbonyl (C=O) groups excluding carboxylic acids is 1. The number of amides is 1. The Bertz CT molecular complexity index is 734. The minimum Gasteiger partial charge on any atom is -0.363 e. The van der Waals surface area contributed by atoms with E-state index in [9.17, 15) is 14.9 Å². The van der Waals surface area contributed by atoms with Gasteiger partial charge in [0, 0.05) is 25.7 Å². The maximum atomic E-state index is 12.3. The number of nitro groups is 1. The third-order valence-corrected chi connectivity index (χ3v) is 3.04. The van der Waals surface area contributed by atoms with E-state index in [-0.39, 0.29) is 22.1 Å². The van der Waals surface area contributed by atoms with Gasteiger partial charge < -0.3 is 10.2 Å². The summed E-state index contributed by atoms with van der Waals surface area (Å²) in [6, 6.07) is 8.87. The number of rotatable bonds is 4. The Hall–Kier alpha value is -2.67. The van der Waals surface area contributed by atoms with Crippen molar-refractivity contribution in [2.45, 2.75) is 0 Å². The molecule has 8 heteroatoms. The van der Waals surface area contributed by atoms with Crippen LogP contribution in [0.2, 0.25) is 5.15 Å². The molecule has 1 aromatic heterocycles. The van der Waals surface area contributed by atoms with Gasteiger partial charge in [-0.3, -0.25) is 14.9 Å². The molecular weight excluding hydrogens is 308 g/mol. The van der Waals surface area contributed by atoms with Crippen molar-refractivity contribution in [2.75, 3.05) is 24.3 Å². The average molecular weight is 321 g/mol. The third kappa shape index (κ3) is 3.50. The molecule has 7 nitrogen and oxygen atoms in total. The van der Waals surface area contributed by atoms with Crippen molar-refractivity contribution < 1.29 is 9.72 Å². The van der Waals surface area contributed by atoms with Gasteiger partial charge in [0.1, 0.15) is 16.7 Å². The predicted octanol–water partition coefficient (Wildman–Crippen LogP) is 2.96. The molecule has 2 rings (SSSR count). The van der Waals surface area contributed by atoms with Crippen molar-refractivity contribution in [3.63, 3.8) is 0 Å². The maximum Gasteiger partial charge on any atom is 0.292 e. The number of hydrogen-bond acceptors (Lipinski definition) is 5. The van der Waals surface area contributed by atoms with E-state index < -0.39 is 10.8 Å². The van der Waals surface area contributed by atoms with Crippen LogP contribution in [0.15, 0.2) is 36.4 Å². The highest BCUT2D eigenvalue weighted by Gasteiger charge is 2.17. The van der Waals surface area contributed by atoms with Gasteiger partial charge in [-0.25, -0.2) is 4.98 Å². The van der Waals surface area contributed by atoms with Gasteiger partial charge in [0.15, 0.2) is 0 Å². The van der Waals surface area contributed by atoms with Crippen molar-refractivity contribution in [1.29, 1.82) is 0 Å². The zero-order chi connectivity index (χ0) is 16.3. The summed E-state index contributed by atoms with van der Waals surface area (Å²) in [6.07, 6.45) is 0. The van der Waals surface area contributed by atoms with Crippen molar-refractivity contribution >= 4 is 34.7 Å². The molecule has 0 saturated carbocycles. The van der Waals surface area contributed by atoms with E-state index in [1.807, 2.05) is 0 Å². The average Bonchev–Trinajstić information content (AvgIpc) is 2.46. The summed E-state index contributed by atoms with van der Waals surface area (Å²) >= 11 is 5.90. The van der Waals surface area contributed by atoms with Gasteiger partial charge in [0.05, 0.1) is 4.92 Å². The number of nitro benzene ring substituents is 1. The fourth-order valence-electron chi connectivity index (χ4n) is 1.78. The lowest BCUT2D eigenvalue weighted by Gasteiger charge is -2.13. The number of nitrogens with zero attached hydrogens (tertiary/aromatic N) is 3. The predicted molar refractivity (Wildman–Crippen MR) is 84.6 cm³/mol. The highest BCUT2D eigenvalue weighted by Crippen LogP contribution is 2.24. The van der Waals surface area contributed by atoms with Crippen LogP contribution in [-0.4, -0.2) is 29.9 Å². The van der Waals surface area contributed by atoms with Crippen LogP contribution in [0.5, 0.6) is 0 Å². The molecule has 1 amide bonds. The lowest BCUT2D eigenvalue weighted by Crippen LogP contribution is -2.16. The maximum absolute atomic E-state index is 12.3. The van der Waals surface area contributed by atoms with Crippen LogP contribution in [0.1, 0.15) is 10.4 Å². The molecule has 0 spiro atoms. The first-order valence-electron chi connectivity index (χ1n) is 6.28. The molecule has 0 bridgehead atoms. The summed E-state index contributed by atoms with van der Waals surface area (Å²) in [5.74, 6) is 0.0157. The Morgan fingerprint density at radius 2 is 2.00 bits per heavy atom. The highest BCUT2D eigenvalue weighted by atomic mass is 35.5. The minimum absolute atomic E-state index is 0.122. The third-order valence-electron chi connectivity index (χ3n) is 2.85. The minimum atomic E-state index is -0.555. The van der Waals surface area contributed by atoms with E-state index in [2.05, 4.69) is 10.3 Å². The fourth-order valence-corrected chi connectivity index (χ4v) is 1.98. The largest absolute Gasteiger partial charge is 0.363 e. The summed E-state index contributed by atoms with van der Waals surface area (Å²) in [5.41, 5.74) is 0.211. The second-order valence-electron chi connectivity index (χ2n) is 4.66. The van der Waals surface area contributed by atoms with Crippen molar-refractivity contribution in [3.05, 3.63) is 57.2 Å². The number of benzene rings is 1. The molecule has 114 valence electrons. The SMILES string of the molecule is CN(C)c1cc(C(=O)Nc2ccccc2[N+](=O)[O-])cc(Cl)n1. The monoisotopic (exact) mass is 320 g/mol. The normalized spacial score (nSPS) is 10.1. The fraction of sp³-hybridized carbons (Fsp3) is 0.143. The molecule has 2 aromatic rings. The Kier molecular flexibility index (Phi) is 4.57. The first-order chi connectivity index (χ1) is 10.4. The van der Waals surface area contributed by atoms with Gasteiger partial charge in [0.2, 0.25) is 0 Å². The van der Waals surface area contributed by atoms with Gasteiger partial charge in [-0.15, -0.1) is 0 Å². The van der Waals surface area contributed by atoms with Crippen LogP contribution in [0, 0.1) is 10.1 Å². The Morgan fingerprint density at radius 1 is 1.32 bits per heavy atom. The van der Waals surface area contributed by atoms with Crippen LogP contribution in [0.25, 0.3) is 0 Å². The standard InChI is InChI=1S/C14H13ClN4O3/c1-18(2)13-8-9(7-12(15)17-13)14(20)16-10-5-3-4-6-11(10)19(21)22/h3-8H,1-2H3,(H,16,20). The first kappa shape index (κ1) is 15.7. The molecule has 1 heterocycles. The van der Waals surface area contributed by atoms with Crippen LogP contribution >= 0.6 is 11.6 Å². The van der Waals surface area contributed by atoms with E-state index >= 15 is 0 Å². The van der Waals surface area contributed by atoms with E-state index in [0.717, 1.165) is 0 Å². The number of para-hydroxylation sites is 2. The lowest BCUT2D eigenvalue weighted by atomic mass is 10.2. The van der Waals surface area contributed by atoms with E-state index in [0.29, 0.717) is 5.82 Å². The Balaban J connectivity index is 2.32. The van der Waals surface area contributed by atoms with Gasteiger partial charge in [-0.1, -0.05) is 23.7 Å². The summed E-state index contributed by atoms with van der Waals surface area (Å²) in [5, 5.41) is 13.6. The second-order valence-corrected chi connectivity index (χ2v) is 5.05. The summed E-state index contributed by atoms with van der Waals surface area (Å²) in [7, 11) is 3.53. The van der Waals surface area contributed by atoms with E-state index in [1.165, 1.54) is 24.3 Å². The molecule has 0 aliphatic heterocycles. The van der Waals surface area contributed by atoms with Crippen LogP contribution in [0.4, 0.5) is 17.2 Å². The zero-order valence-electron chi connectivity index (χ0n) is 11.9. The zero-order valence-corrected chi connectivity index (χ0v) is 12.7. The quantitative estimate of drug-likeness (QED) is 0.531. The van der Waals surface area contributed by atoms with Crippen LogP contribution in [0.3, 0.4) is 0 Å². The number of carbonyl (C=O) groups is 1. The topological polar surface area (TPSA) is 88.4 Å². The molecule has 0 unspecified atom stereocenters. The van der Waals surface area contributed by atoms with E-state index in [4.69, 9.17) is 11.6 Å². The lowest BCUT2D eigenvalue weighted by molar-refractivity contribution is -0.383. The van der Waals surface area contributed by atoms with Gasteiger partial charge >= 0.3 is 0 Å². The van der Waals surface area contributed by atoms with Crippen molar-refractivity contribution in [3.8, 4) is 0 Å². The number of pyridine rings is 1. The van der Waals surface area contributed by atoms with Crippen molar-refractivity contribution in [1.82, 2.24) is 4.98 Å². The molecule has 0 radical (unpaired) electrons. The van der Waals surface area contributed by atoms with Crippen LogP contribution < -0.4 is 10.2 Å². The van der Waals surface area contributed by atoms with Crippen molar-refractivity contribution in [2.24, 2.45) is 0 Å². The van der Waals surface area contributed by atoms with Gasteiger partial charge in [-0.2, -0.15) is 0 Å². The van der Waals surface area contributed by atoms with E-state index in [1.54, 1.807) is 31.1 Å². The smallest absolute Gasteiger partial charge is 0.292 e. The molecule has 0 fully saturated rings. The number of hydrogen-bond donors (Lipinski definition) is 1. The second kappa shape index (κ2) is 6.40. The molecule has 22 heavy (non-hydrogen) atoms. The van der Waals surface area contributed by atoms with Gasteiger partial charge in [-0.05, 0) is 18.2 Å². The molecule has 1 aromatic carbocycles. The highest BCUT2D eigenvalue weighted by molar-refractivity contribution is 6.30. The number of aromatic nitrogens is 1. The Labute approximate surface area is 131 Å². The molecule has 0 aliphatic rings. The number of halogens is 1. The number of anilines is 2. The van der Waals surface area contributed by atoms with Crippen LogP contribution in [-0.2, 0) is 0 Å². The molecule has 0 saturated heterocycles. The summed E-state index contributed by atoms with van der Waals surface area (Å²) in [4.78, 5) is 28.4. The summed E-state index contributed by atoms with van der Waals surface area (Å²) < 4.78 is 0.